The van der Waals surface area contributed by atoms with Crippen LogP contribution in [0.4, 0.5) is 0 Å². The summed E-state index contributed by atoms with van der Waals surface area (Å²) >= 11 is 0. The lowest BCUT2D eigenvalue weighted by Crippen LogP contribution is -2.41. The molecule has 5 nitrogen and oxygen atoms in total. The average molecular weight is 473 g/mol. The summed E-state index contributed by atoms with van der Waals surface area (Å²) in [6.07, 6.45) is 3.43. The Labute approximate surface area is 174 Å². The fourth-order valence-corrected chi connectivity index (χ4v) is 3.79. The van der Waals surface area contributed by atoms with E-state index >= 15 is 0 Å². The van der Waals surface area contributed by atoms with E-state index in [1.807, 2.05) is 7.05 Å². The largest absolute Gasteiger partial charge is 0.381 e. The topological polar surface area (TPSA) is 46.1 Å². The number of nitrogens with one attached hydrogen (secondary N) is 1. The molecule has 2 saturated heterocycles. The van der Waals surface area contributed by atoms with E-state index in [1.165, 1.54) is 24.0 Å². The van der Waals surface area contributed by atoms with Gasteiger partial charge in [-0.3, -0.25) is 4.99 Å². The maximum absolute atomic E-state index is 5.72. The Morgan fingerprint density at radius 2 is 2.12 bits per heavy atom. The van der Waals surface area contributed by atoms with E-state index in [-0.39, 0.29) is 24.0 Å². The predicted octanol–water partition coefficient (Wildman–Crippen LogP) is 3.42. The van der Waals surface area contributed by atoms with Gasteiger partial charge in [0.1, 0.15) is 0 Å². The van der Waals surface area contributed by atoms with Gasteiger partial charge in [0.05, 0.1) is 13.2 Å². The molecule has 0 radical (unpaired) electrons. The van der Waals surface area contributed by atoms with Crippen molar-refractivity contribution in [3.8, 4) is 0 Å². The Balaban J connectivity index is 0.00000243. The minimum Gasteiger partial charge on any atom is -0.381 e. The number of likely N-dealkylation sites (tertiary alicyclic amines) is 1. The molecule has 1 unspecified atom stereocenters. The summed E-state index contributed by atoms with van der Waals surface area (Å²) in [4.78, 5) is 6.88. The number of rotatable bonds is 6. The zero-order valence-electron chi connectivity index (χ0n) is 16.0. The zero-order chi connectivity index (χ0) is 17.5. The van der Waals surface area contributed by atoms with Crippen molar-refractivity contribution in [3.63, 3.8) is 0 Å². The summed E-state index contributed by atoms with van der Waals surface area (Å²) in [7, 11) is 1.87. The molecule has 0 amide bonds. The number of benzene rings is 1. The number of hydrogen-bond acceptors (Lipinski definition) is 3. The standard InChI is InChI=1S/C20H31N3O2.HI/c1-3-11-24-14-18-7-5-4-6-17(18)13-22-19(21-2)23-10-8-20(15-23)9-12-25-16-20;/h4-7H,3,8-16H2,1-2H3,(H,21,22);1H. The van der Waals surface area contributed by atoms with Gasteiger partial charge in [-0.15, -0.1) is 24.0 Å². The second kappa shape index (κ2) is 10.5. The molecule has 0 bridgehead atoms. The van der Waals surface area contributed by atoms with E-state index < -0.39 is 0 Å². The Morgan fingerprint density at radius 1 is 1.31 bits per heavy atom. The Morgan fingerprint density at radius 3 is 2.81 bits per heavy atom. The predicted molar refractivity (Wildman–Crippen MR) is 116 cm³/mol. The van der Waals surface area contributed by atoms with Crippen molar-refractivity contribution < 1.29 is 9.47 Å². The molecule has 2 fully saturated rings. The summed E-state index contributed by atoms with van der Waals surface area (Å²) in [5.41, 5.74) is 2.88. The van der Waals surface area contributed by atoms with Crippen LogP contribution >= 0.6 is 24.0 Å². The van der Waals surface area contributed by atoms with E-state index in [9.17, 15) is 0 Å². The smallest absolute Gasteiger partial charge is 0.193 e. The molecule has 6 heteroatoms. The molecule has 1 spiro atoms. The van der Waals surface area contributed by atoms with Crippen molar-refractivity contribution in [2.75, 3.05) is 40.0 Å². The molecule has 1 aromatic carbocycles. The van der Waals surface area contributed by atoms with Crippen LogP contribution < -0.4 is 5.32 Å². The van der Waals surface area contributed by atoms with Crippen LogP contribution in [0.15, 0.2) is 29.3 Å². The van der Waals surface area contributed by atoms with Gasteiger partial charge in [-0.05, 0) is 30.4 Å². The van der Waals surface area contributed by atoms with Gasteiger partial charge in [0.25, 0.3) is 0 Å². The molecule has 0 saturated carbocycles. The third-order valence-electron chi connectivity index (χ3n) is 5.30. The fourth-order valence-electron chi connectivity index (χ4n) is 3.79. The first-order chi connectivity index (χ1) is 12.3. The number of nitrogens with zero attached hydrogens (tertiary/aromatic N) is 2. The summed E-state index contributed by atoms with van der Waals surface area (Å²) in [6, 6.07) is 8.48. The highest BCUT2D eigenvalue weighted by molar-refractivity contribution is 14.0. The van der Waals surface area contributed by atoms with Crippen molar-refractivity contribution in [2.45, 2.75) is 39.3 Å². The highest BCUT2D eigenvalue weighted by atomic mass is 127. The first-order valence-electron chi connectivity index (χ1n) is 9.44. The van der Waals surface area contributed by atoms with Crippen LogP contribution in [-0.4, -0.2) is 50.8 Å². The van der Waals surface area contributed by atoms with Gasteiger partial charge in [-0.1, -0.05) is 31.2 Å². The first-order valence-corrected chi connectivity index (χ1v) is 9.44. The first kappa shape index (κ1) is 21.4. The molecule has 1 N–H and O–H groups in total. The van der Waals surface area contributed by atoms with Crippen LogP contribution in [0.3, 0.4) is 0 Å². The quantitative estimate of drug-likeness (QED) is 0.298. The molecule has 2 heterocycles. The van der Waals surface area contributed by atoms with Gasteiger partial charge in [-0.2, -0.15) is 0 Å². The van der Waals surface area contributed by atoms with E-state index in [2.05, 4.69) is 46.4 Å². The Bertz CT molecular complexity index is 588. The lowest BCUT2D eigenvalue weighted by molar-refractivity contribution is 0.121. The maximum Gasteiger partial charge on any atom is 0.193 e. The van der Waals surface area contributed by atoms with Crippen LogP contribution in [0.2, 0.25) is 0 Å². The van der Waals surface area contributed by atoms with Crippen molar-refractivity contribution in [3.05, 3.63) is 35.4 Å². The van der Waals surface area contributed by atoms with Gasteiger partial charge in [0.15, 0.2) is 5.96 Å². The summed E-state index contributed by atoms with van der Waals surface area (Å²) in [6.45, 7) is 8.31. The van der Waals surface area contributed by atoms with Gasteiger partial charge in [0.2, 0.25) is 0 Å². The van der Waals surface area contributed by atoms with Crippen LogP contribution in [0.25, 0.3) is 0 Å². The summed E-state index contributed by atoms with van der Waals surface area (Å²) in [5, 5.41) is 3.54. The van der Waals surface area contributed by atoms with Gasteiger partial charge >= 0.3 is 0 Å². The number of guanidine groups is 1. The van der Waals surface area contributed by atoms with E-state index in [0.717, 1.165) is 51.8 Å². The zero-order valence-corrected chi connectivity index (χ0v) is 18.3. The van der Waals surface area contributed by atoms with Crippen molar-refractivity contribution in [2.24, 2.45) is 10.4 Å². The Kier molecular flexibility index (Phi) is 8.63. The van der Waals surface area contributed by atoms with Crippen LogP contribution in [0.1, 0.15) is 37.3 Å². The van der Waals surface area contributed by atoms with Crippen LogP contribution in [-0.2, 0) is 22.6 Å². The molecule has 0 aliphatic carbocycles. The molecule has 3 rings (SSSR count). The molecule has 2 aliphatic rings. The summed E-state index contributed by atoms with van der Waals surface area (Å²) < 4.78 is 11.4. The summed E-state index contributed by atoms with van der Waals surface area (Å²) in [5.74, 6) is 0.994. The highest BCUT2D eigenvalue weighted by Crippen LogP contribution is 2.38. The third-order valence-corrected chi connectivity index (χ3v) is 5.30. The monoisotopic (exact) mass is 473 g/mol. The van der Waals surface area contributed by atoms with Crippen molar-refractivity contribution in [1.82, 2.24) is 10.2 Å². The minimum absolute atomic E-state index is 0. The minimum atomic E-state index is 0. The van der Waals surface area contributed by atoms with Gasteiger partial charge in [0, 0.05) is 45.3 Å². The van der Waals surface area contributed by atoms with E-state index in [1.54, 1.807) is 0 Å². The molecule has 2 aliphatic heterocycles. The Hall–Kier alpha value is -0.860. The highest BCUT2D eigenvalue weighted by Gasteiger charge is 2.42. The number of aliphatic imine (C=N–C) groups is 1. The molecular weight excluding hydrogens is 441 g/mol. The maximum atomic E-state index is 5.72. The molecule has 1 atom stereocenters. The second-order valence-electron chi connectivity index (χ2n) is 7.20. The van der Waals surface area contributed by atoms with E-state index in [4.69, 9.17) is 9.47 Å². The second-order valence-corrected chi connectivity index (χ2v) is 7.20. The number of hydrogen-bond donors (Lipinski definition) is 1. The molecule has 146 valence electrons. The molecular formula is C20H32IN3O2. The third kappa shape index (κ3) is 5.33. The van der Waals surface area contributed by atoms with Gasteiger partial charge in [-0.25, -0.2) is 0 Å². The number of halogens is 1. The SMILES string of the molecule is CCCOCc1ccccc1CNC(=NC)N1CCC2(CCOC2)C1.I. The lowest BCUT2D eigenvalue weighted by Gasteiger charge is -2.25. The van der Waals surface area contributed by atoms with Gasteiger partial charge < -0.3 is 19.7 Å². The molecule has 0 aromatic heterocycles. The van der Waals surface area contributed by atoms with Crippen molar-refractivity contribution >= 4 is 29.9 Å². The average Bonchev–Trinajstić information content (AvgIpc) is 3.27. The van der Waals surface area contributed by atoms with Crippen LogP contribution in [0, 0.1) is 5.41 Å². The lowest BCUT2D eigenvalue weighted by atomic mass is 9.87. The fraction of sp³-hybridized carbons (Fsp3) is 0.650. The van der Waals surface area contributed by atoms with Crippen molar-refractivity contribution in [1.29, 1.82) is 0 Å². The normalized spacial score (nSPS) is 22.7. The van der Waals surface area contributed by atoms with E-state index in [0.29, 0.717) is 12.0 Å². The van der Waals surface area contributed by atoms with Crippen LogP contribution in [0.5, 0.6) is 0 Å². The molecule has 26 heavy (non-hydrogen) atoms. The molecule has 1 aromatic rings. The number of ether oxygens (including phenoxy) is 2.